The summed E-state index contributed by atoms with van der Waals surface area (Å²) in [5.74, 6) is -0.481. The van der Waals surface area contributed by atoms with Crippen LogP contribution in [0.2, 0.25) is 0 Å². The second kappa shape index (κ2) is 6.45. The normalized spacial score (nSPS) is 11.6. The fraction of sp³-hybridized carbons (Fsp3) is 0.111. The smallest absolute Gasteiger partial charge is 0.327 e. The van der Waals surface area contributed by atoms with Crippen LogP contribution in [0.1, 0.15) is 11.1 Å². The minimum Gasteiger partial charge on any atom is -0.494 e. The van der Waals surface area contributed by atoms with Gasteiger partial charge in [0.2, 0.25) is 0 Å². The highest BCUT2D eigenvalue weighted by molar-refractivity contribution is 6.21. The zero-order valence-corrected chi connectivity index (χ0v) is 13.1. The summed E-state index contributed by atoms with van der Waals surface area (Å²) in [5, 5.41) is 11.1. The van der Waals surface area contributed by atoms with Crippen LogP contribution in [0.5, 0.6) is 5.88 Å². The number of esters is 1. The van der Waals surface area contributed by atoms with E-state index in [1.807, 2.05) is 30.3 Å². The van der Waals surface area contributed by atoms with Crippen molar-refractivity contribution < 1.29 is 14.6 Å². The lowest BCUT2D eigenvalue weighted by Crippen LogP contribution is -2.10. The molecule has 0 saturated carbocycles. The molecule has 0 amide bonds. The molecule has 6 nitrogen and oxygen atoms in total. The molecular weight excluding hydrogens is 306 g/mol. The first kappa shape index (κ1) is 15.6. The van der Waals surface area contributed by atoms with E-state index in [0.29, 0.717) is 17.0 Å². The number of aliphatic imine (C=N–C) groups is 1. The van der Waals surface area contributed by atoms with Gasteiger partial charge in [0, 0.05) is 22.2 Å². The van der Waals surface area contributed by atoms with Crippen molar-refractivity contribution in [1.29, 1.82) is 0 Å². The van der Waals surface area contributed by atoms with Gasteiger partial charge < -0.3 is 20.6 Å². The van der Waals surface area contributed by atoms with E-state index in [9.17, 15) is 9.90 Å². The van der Waals surface area contributed by atoms with Crippen molar-refractivity contribution in [2.24, 2.45) is 4.99 Å². The lowest BCUT2D eigenvalue weighted by Gasteiger charge is -2.07. The van der Waals surface area contributed by atoms with Crippen LogP contribution in [0.4, 0.5) is 5.69 Å². The van der Waals surface area contributed by atoms with Gasteiger partial charge in [-0.15, -0.1) is 0 Å². The van der Waals surface area contributed by atoms with Gasteiger partial charge in [0.15, 0.2) is 5.88 Å². The van der Waals surface area contributed by atoms with Gasteiger partial charge in [-0.25, -0.2) is 0 Å². The Bertz CT molecular complexity index is 914. The summed E-state index contributed by atoms with van der Waals surface area (Å²) in [5.41, 5.74) is 8.96. The van der Waals surface area contributed by atoms with E-state index >= 15 is 0 Å². The Morgan fingerprint density at radius 3 is 2.71 bits per heavy atom. The molecule has 0 spiro atoms. The molecule has 3 aromatic rings. The fourth-order valence-corrected chi connectivity index (χ4v) is 2.55. The largest absolute Gasteiger partial charge is 0.494 e. The van der Waals surface area contributed by atoms with Crippen LogP contribution in [0, 0.1) is 0 Å². The molecule has 0 aliphatic rings. The number of fused-ring (bicyclic) bond motifs is 1. The number of carbonyl (C=O) groups excluding carboxylic acids is 1. The highest BCUT2D eigenvalue weighted by Gasteiger charge is 2.18. The Morgan fingerprint density at radius 2 is 2.00 bits per heavy atom. The minimum atomic E-state index is -0.456. The first-order valence-corrected chi connectivity index (χ1v) is 7.37. The molecule has 0 radical (unpaired) electrons. The summed E-state index contributed by atoms with van der Waals surface area (Å²) in [6, 6.07) is 14.6. The third kappa shape index (κ3) is 2.94. The number of hydrogen-bond donors (Lipinski definition) is 3. The highest BCUT2D eigenvalue weighted by Crippen LogP contribution is 2.31. The van der Waals surface area contributed by atoms with Crippen LogP contribution in [0.25, 0.3) is 10.9 Å². The highest BCUT2D eigenvalue weighted by atomic mass is 16.5. The molecule has 6 heteroatoms. The van der Waals surface area contributed by atoms with Crippen LogP contribution >= 0.6 is 0 Å². The Hall–Kier alpha value is -3.28. The average molecular weight is 323 g/mol. The lowest BCUT2D eigenvalue weighted by atomic mass is 10.0. The van der Waals surface area contributed by atoms with Crippen molar-refractivity contribution in [1.82, 2.24) is 4.98 Å². The Morgan fingerprint density at radius 1 is 1.25 bits per heavy atom. The molecule has 1 heterocycles. The van der Waals surface area contributed by atoms with Gasteiger partial charge in [-0.05, 0) is 18.2 Å². The number of aromatic nitrogens is 1. The summed E-state index contributed by atoms with van der Waals surface area (Å²) in [7, 11) is 1.31. The zero-order chi connectivity index (χ0) is 17.1. The molecule has 0 aliphatic heterocycles. The van der Waals surface area contributed by atoms with Gasteiger partial charge in [-0.2, -0.15) is 0 Å². The number of ether oxygens (including phenoxy) is 1. The number of carbonyl (C=O) groups is 1. The van der Waals surface area contributed by atoms with Crippen molar-refractivity contribution in [3.8, 4) is 5.88 Å². The van der Waals surface area contributed by atoms with Gasteiger partial charge in [0.25, 0.3) is 0 Å². The molecule has 4 N–H and O–H groups in total. The van der Waals surface area contributed by atoms with E-state index in [-0.39, 0.29) is 12.4 Å². The molecule has 0 aliphatic carbocycles. The van der Waals surface area contributed by atoms with E-state index in [1.165, 1.54) is 7.11 Å². The van der Waals surface area contributed by atoms with E-state index < -0.39 is 5.97 Å². The number of nitrogens with one attached hydrogen (secondary N) is 1. The van der Waals surface area contributed by atoms with Crippen LogP contribution in [0.3, 0.4) is 0 Å². The molecule has 0 bridgehead atoms. The molecule has 122 valence electrons. The number of nitrogens with zero attached hydrogens (tertiary/aromatic N) is 1. The van der Waals surface area contributed by atoms with Crippen molar-refractivity contribution in [2.75, 3.05) is 19.4 Å². The number of aromatic hydroxyl groups is 1. The summed E-state index contributed by atoms with van der Waals surface area (Å²) in [6.07, 6.45) is 0. The summed E-state index contributed by atoms with van der Waals surface area (Å²) < 4.78 is 4.65. The Balaban J connectivity index is 2.21. The van der Waals surface area contributed by atoms with Gasteiger partial charge in [-0.1, -0.05) is 30.3 Å². The summed E-state index contributed by atoms with van der Waals surface area (Å²) >= 11 is 0. The number of hydrogen-bond acceptors (Lipinski definition) is 5. The van der Waals surface area contributed by atoms with Crippen molar-refractivity contribution >= 4 is 28.3 Å². The zero-order valence-electron chi connectivity index (χ0n) is 13.1. The standard InChI is InChI=1S/C18H17N3O3/c1-24-15(22)10-20-17(11-5-3-2-4-6-11)16-13-9-12(19)7-8-14(13)21-18(16)23/h2-9,21,23H,10,19H2,1H3. The lowest BCUT2D eigenvalue weighted by molar-refractivity contribution is -0.138. The molecular formula is C18H17N3O3. The minimum absolute atomic E-state index is 0.0249. The fourth-order valence-electron chi connectivity index (χ4n) is 2.55. The summed E-state index contributed by atoms with van der Waals surface area (Å²) in [4.78, 5) is 18.8. The van der Waals surface area contributed by atoms with E-state index in [4.69, 9.17) is 5.73 Å². The van der Waals surface area contributed by atoms with Crippen LogP contribution in [-0.2, 0) is 9.53 Å². The average Bonchev–Trinajstić information content (AvgIpc) is 2.91. The molecule has 0 fully saturated rings. The topological polar surface area (TPSA) is 101 Å². The maximum absolute atomic E-state index is 11.5. The van der Waals surface area contributed by atoms with Crippen molar-refractivity contribution in [3.05, 3.63) is 59.7 Å². The summed E-state index contributed by atoms with van der Waals surface area (Å²) in [6.45, 7) is -0.144. The predicted molar refractivity (Wildman–Crippen MR) is 93.3 cm³/mol. The molecule has 0 unspecified atom stereocenters. The quantitative estimate of drug-likeness (QED) is 0.390. The molecule has 0 saturated heterocycles. The Labute approximate surface area is 138 Å². The third-order valence-corrected chi connectivity index (χ3v) is 3.68. The van der Waals surface area contributed by atoms with Crippen molar-refractivity contribution in [3.63, 3.8) is 0 Å². The first-order chi connectivity index (χ1) is 11.6. The van der Waals surface area contributed by atoms with Crippen LogP contribution < -0.4 is 5.73 Å². The van der Waals surface area contributed by atoms with E-state index in [0.717, 1.165) is 16.5 Å². The van der Waals surface area contributed by atoms with Gasteiger partial charge >= 0.3 is 5.97 Å². The third-order valence-electron chi connectivity index (χ3n) is 3.68. The number of anilines is 1. The number of methoxy groups -OCH3 is 1. The van der Waals surface area contributed by atoms with Gasteiger partial charge in [0.1, 0.15) is 6.54 Å². The molecule has 3 rings (SSSR count). The number of nitrogens with two attached hydrogens (primary N) is 1. The van der Waals surface area contributed by atoms with Crippen LogP contribution in [-0.4, -0.2) is 35.4 Å². The molecule has 0 atom stereocenters. The number of rotatable bonds is 4. The predicted octanol–water partition coefficient (Wildman–Crippen LogP) is 2.47. The van der Waals surface area contributed by atoms with Crippen LogP contribution in [0.15, 0.2) is 53.5 Å². The number of H-pyrrole nitrogens is 1. The molecule has 2 aromatic carbocycles. The molecule has 24 heavy (non-hydrogen) atoms. The first-order valence-electron chi connectivity index (χ1n) is 7.37. The van der Waals surface area contributed by atoms with Gasteiger partial charge in [0.05, 0.1) is 18.4 Å². The molecule has 1 aromatic heterocycles. The maximum atomic E-state index is 11.5. The monoisotopic (exact) mass is 323 g/mol. The number of benzene rings is 2. The number of nitrogen functional groups attached to an aromatic ring is 1. The van der Waals surface area contributed by atoms with Gasteiger partial charge in [-0.3, -0.25) is 9.79 Å². The van der Waals surface area contributed by atoms with Crippen molar-refractivity contribution in [2.45, 2.75) is 0 Å². The second-order valence-electron chi connectivity index (χ2n) is 5.26. The number of aromatic amines is 1. The maximum Gasteiger partial charge on any atom is 0.327 e. The SMILES string of the molecule is COC(=O)CN=C(c1ccccc1)c1c(O)[nH]c2ccc(N)cc12. The Kier molecular flexibility index (Phi) is 4.20. The second-order valence-corrected chi connectivity index (χ2v) is 5.26. The van der Waals surface area contributed by atoms with E-state index in [2.05, 4.69) is 14.7 Å². The van der Waals surface area contributed by atoms with E-state index in [1.54, 1.807) is 18.2 Å².